The molecule has 0 fully saturated rings. The molecule has 3 heterocycles. The maximum absolute atomic E-state index is 13.0. The molecule has 0 unspecified atom stereocenters. The Balaban J connectivity index is 1.67. The van der Waals surface area contributed by atoms with Crippen LogP contribution in [0.3, 0.4) is 0 Å². The number of benzene rings is 1. The summed E-state index contributed by atoms with van der Waals surface area (Å²) in [7, 11) is 0. The molecular weight excluding hydrogens is 378 g/mol. The van der Waals surface area contributed by atoms with Crippen molar-refractivity contribution >= 4 is 28.0 Å². The molecule has 0 atom stereocenters. The van der Waals surface area contributed by atoms with Crippen LogP contribution in [0.15, 0.2) is 36.5 Å². The smallest absolute Gasteiger partial charge is 0.339 e. The van der Waals surface area contributed by atoms with Crippen molar-refractivity contribution < 1.29 is 9.53 Å². The fourth-order valence-corrected chi connectivity index (χ4v) is 3.35. The van der Waals surface area contributed by atoms with Gasteiger partial charge in [-0.1, -0.05) is 26.0 Å². The predicted octanol–water partition coefficient (Wildman–Crippen LogP) is 4.74. The van der Waals surface area contributed by atoms with Gasteiger partial charge in [0.2, 0.25) is 0 Å². The van der Waals surface area contributed by atoms with Crippen molar-refractivity contribution in [1.82, 2.24) is 24.7 Å². The van der Waals surface area contributed by atoms with Crippen molar-refractivity contribution in [3.63, 3.8) is 0 Å². The van der Waals surface area contributed by atoms with E-state index in [2.05, 4.69) is 15.1 Å². The Morgan fingerprint density at radius 1 is 1.07 bits per heavy atom. The van der Waals surface area contributed by atoms with Gasteiger partial charge >= 0.3 is 5.97 Å². The van der Waals surface area contributed by atoms with Crippen LogP contribution in [0.1, 0.15) is 67.1 Å². The Hall–Kier alpha value is -3.35. The minimum absolute atomic E-state index is 0.0572. The van der Waals surface area contributed by atoms with Gasteiger partial charge in [0, 0.05) is 11.7 Å². The Morgan fingerprint density at radius 3 is 2.43 bits per heavy atom. The van der Waals surface area contributed by atoms with Crippen molar-refractivity contribution in [2.24, 2.45) is 0 Å². The molecule has 30 heavy (non-hydrogen) atoms. The molecule has 0 spiro atoms. The van der Waals surface area contributed by atoms with Gasteiger partial charge in [-0.15, -0.1) is 0 Å². The van der Waals surface area contributed by atoms with Gasteiger partial charge in [-0.05, 0) is 44.9 Å². The van der Waals surface area contributed by atoms with E-state index < -0.39 is 5.97 Å². The zero-order valence-corrected chi connectivity index (χ0v) is 17.9. The summed E-state index contributed by atoms with van der Waals surface area (Å²) >= 11 is 0. The maximum Gasteiger partial charge on any atom is 0.339 e. The van der Waals surface area contributed by atoms with E-state index in [1.54, 1.807) is 12.3 Å². The van der Waals surface area contributed by atoms with Crippen LogP contribution in [0.5, 0.6) is 0 Å². The normalized spacial score (nSPS) is 11.7. The van der Waals surface area contributed by atoms with E-state index in [1.165, 1.54) is 0 Å². The number of aromatic nitrogens is 5. The van der Waals surface area contributed by atoms with Gasteiger partial charge < -0.3 is 4.74 Å². The minimum atomic E-state index is -0.415. The fraction of sp³-hybridized carbons (Fsp3) is 0.348. The minimum Gasteiger partial charge on any atom is -0.455 e. The summed E-state index contributed by atoms with van der Waals surface area (Å²) in [5, 5.41) is 5.12. The van der Waals surface area contributed by atoms with Crippen LogP contribution in [0.2, 0.25) is 0 Å². The number of hydrogen-bond acceptors (Lipinski definition) is 6. The van der Waals surface area contributed by atoms with Crippen molar-refractivity contribution in [3.05, 3.63) is 59.2 Å². The topological polar surface area (TPSA) is 82.8 Å². The molecule has 154 valence electrons. The lowest BCUT2D eigenvalue weighted by atomic mass is 10.1. The Morgan fingerprint density at radius 2 is 1.77 bits per heavy atom. The summed E-state index contributed by atoms with van der Waals surface area (Å²) in [6.45, 7) is 10.1. The lowest BCUT2D eigenvalue weighted by molar-refractivity contribution is 0.0469. The number of carbonyl (C=O) groups is 1. The standard InChI is InChI=1S/C23H25N5O2/c1-13(2)20-10-16(17-11-24-28(14(3)4)22(17)27-20)23(29)30-12-21-15(5)25-18-8-6-7-9-19(18)26-21/h6-11,13-14H,12H2,1-5H3. The summed E-state index contributed by atoms with van der Waals surface area (Å²) in [5.41, 5.74) is 5.00. The lowest BCUT2D eigenvalue weighted by Gasteiger charge is -2.12. The van der Waals surface area contributed by atoms with Crippen molar-refractivity contribution in [3.8, 4) is 0 Å². The second-order valence-corrected chi connectivity index (χ2v) is 7.99. The van der Waals surface area contributed by atoms with E-state index in [0.717, 1.165) is 22.4 Å². The van der Waals surface area contributed by atoms with Crippen LogP contribution in [0, 0.1) is 6.92 Å². The molecule has 4 rings (SSSR count). The molecule has 0 aliphatic heterocycles. The van der Waals surface area contributed by atoms with Gasteiger partial charge in [0.05, 0.1) is 39.6 Å². The second-order valence-electron chi connectivity index (χ2n) is 7.99. The van der Waals surface area contributed by atoms with Gasteiger partial charge in [0.15, 0.2) is 5.65 Å². The zero-order chi connectivity index (χ0) is 21.4. The van der Waals surface area contributed by atoms with Crippen LogP contribution in [0.25, 0.3) is 22.1 Å². The summed E-state index contributed by atoms with van der Waals surface area (Å²) in [6, 6.07) is 9.59. The van der Waals surface area contributed by atoms with E-state index >= 15 is 0 Å². The quantitative estimate of drug-likeness (QED) is 0.448. The average Bonchev–Trinajstić information content (AvgIpc) is 3.15. The molecule has 0 radical (unpaired) electrons. The third-order valence-electron chi connectivity index (χ3n) is 5.07. The van der Waals surface area contributed by atoms with Crippen LogP contribution in [-0.2, 0) is 11.3 Å². The molecule has 0 aliphatic rings. The van der Waals surface area contributed by atoms with Crippen molar-refractivity contribution in [1.29, 1.82) is 0 Å². The number of ether oxygens (including phenoxy) is 1. The van der Waals surface area contributed by atoms with E-state index in [1.807, 2.05) is 63.6 Å². The molecule has 0 amide bonds. The van der Waals surface area contributed by atoms with E-state index in [-0.39, 0.29) is 18.6 Å². The number of para-hydroxylation sites is 2. The number of aryl methyl sites for hydroxylation is 1. The number of rotatable bonds is 5. The van der Waals surface area contributed by atoms with Crippen LogP contribution in [-0.4, -0.2) is 30.7 Å². The van der Waals surface area contributed by atoms with Gasteiger partial charge in [0.25, 0.3) is 0 Å². The van der Waals surface area contributed by atoms with E-state index in [9.17, 15) is 4.79 Å². The van der Waals surface area contributed by atoms with Crippen LogP contribution >= 0.6 is 0 Å². The first-order valence-corrected chi connectivity index (χ1v) is 10.1. The molecule has 0 saturated carbocycles. The first-order valence-electron chi connectivity index (χ1n) is 10.1. The number of fused-ring (bicyclic) bond motifs is 2. The summed E-state index contributed by atoms with van der Waals surface area (Å²) in [4.78, 5) is 26.9. The second kappa shape index (κ2) is 7.82. The molecule has 0 bridgehead atoms. The number of carbonyl (C=O) groups excluding carboxylic acids is 1. The molecular formula is C23H25N5O2. The van der Waals surface area contributed by atoms with Gasteiger partial charge in [0.1, 0.15) is 6.61 Å². The zero-order valence-electron chi connectivity index (χ0n) is 17.9. The molecule has 0 N–H and O–H groups in total. The summed E-state index contributed by atoms with van der Waals surface area (Å²) in [6.07, 6.45) is 1.68. The van der Waals surface area contributed by atoms with Crippen LogP contribution in [0.4, 0.5) is 0 Å². The Bertz CT molecular complexity index is 1240. The highest BCUT2D eigenvalue weighted by atomic mass is 16.5. The van der Waals surface area contributed by atoms with Gasteiger partial charge in [-0.25, -0.2) is 24.4 Å². The predicted molar refractivity (Wildman–Crippen MR) is 115 cm³/mol. The van der Waals surface area contributed by atoms with Crippen molar-refractivity contribution in [2.45, 2.75) is 53.2 Å². The SMILES string of the molecule is Cc1nc2ccccc2nc1COC(=O)c1cc(C(C)C)nc2c1cnn2C(C)C. The van der Waals surface area contributed by atoms with Gasteiger partial charge in [-0.3, -0.25) is 0 Å². The fourth-order valence-electron chi connectivity index (χ4n) is 3.35. The average molecular weight is 403 g/mol. The first-order chi connectivity index (χ1) is 14.3. The Labute approximate surface area is 175 Å². The van der Waals surface area contributed by atoms with Gasteiger partial charge in [-0.2, -0.15) is 5.10 Å². The molecule has 4 aromatic rings. The van der Waals surface area contributed by atoms with Crippen LogP contribution < -0.4 is 0 Å². The number of pyridine rings is 1. The molecule has 0 saturated heterocycles. The highest BCUT2D eigenvalue weighted by Crippen LogP contribution is 2.25. The largest absolute Gasteiger partial charge is 0.455 e. The number of esters is 1. The summed E-state index contributed by atoms with van der Waals surface area (Å²) in [5.74, 6) is -0.243. The van der Waals surface area contributed by atoms with E-state index in [0.29, 0.717) is 22.3 Å². The molecule has 0 aliphatic carbocycles. The molecule has 1 aromatic carbocycles. The maximum atomic E-state index is 13.0. The number of hydrogen-bond donors (Lipinski definition) is 0. The molecule has 7 heteroatoms. The third kappa shape index (κ3) is 3.63. The Kier molecular flexibility index (Phi) is 5.20. The van der Waals surface area contributed by atoms with E-state index in [4.69, 9.17) is 9.72 Å². The number of nitrogens with zero attached hydrogens (tertiary/aromatic N) is 5. The summed E-state index contributed by atoms with van der Waals surface area (Å²) < 4.78 is 7.48. The first kappa shape index (κ1) is 19.9. The third-order valence-corrected chi connectivity index (χ3v) is 5.07. The molecule has 7 nitrogen and oxygen atoms in total. The van der Waals surface area contributed by atoms with Crippen molar-refractivity contribution in [2.75, 3.05) is 0 Å². The monoisotopic (exact) mass is 403 g/mol. The molecule has 3 aromatic heterocycles. The lowest BCUT2D eigenvalue weighted by Crippen LogP contribution is -2.11. The highest BCUT2D eigenvalue weighted by molar-refractivity contribution is 6.02. The highest BCUT2D eigenvalue weighted by Gasteiger charge is 2.20.